The molecule has 0 saturated carbocycles. The Morgan fingerprint density at radius 3 is 1.44 bits per heavy atom. The molecular formula is C20H6F10N2O4. The standard InChI is InChI=1S/C20H6F10N2O4/c1-2-3-32-4-31-15(19(33)35-17-11(27)7(23)5(21)8(24)12(17)28)16(32)20(34)36-18-13(29)9(25)6(22)10(26)14(18)30/h2,4H,1,3H2. The van der Waals surface area contributed by atoms with E-state index in [-0.39, 0.29) is 0 Å². The normalized spacial score (nSPS) is 10.9. The molecule has 1 heterocycles. The van der Waals surface area contributed by atoms with Gasteiger partial charge in [0.2, 0.25) is 69.7 Å². The highest BCUT2D eigenvalue weighted by atomic mass is 19.2. The molecule has 0 aliphatic heterocycles. The lowest BCUT2D eigenvalue weighted by atomic mass is 10.2. The minimum atomic E-state index is -2.58. The maximum atomic E-state index is 13.9. The van der Waals surface area contributed by atoms with E-state index < -0.39 is 99.5 Å². The van der Waals surface area contributed by atoms with E-state index in [1.807, 2.05) is 0 Å². The first-order valence-corrected chi connectivity index (χ1v) is 8.96. The number of carbonyl (C=O) groups excluding carboxylic acids is 2. The van der Waals surface area contributed by atoms with Gasteiger partial charge in [-0.05, 0) is 0 Å². The van der Waals surface area contributed by atoms with Crippen LogP contribution in [0.25, 0.3) is 0 Å². The summed E-state index contributed by atoms with van der Waals surface area (Å²) in [5, 5.41) is 0. The van der Waals surface area contributed by atoms with E-state index in [0.29, 0.717) is 10.9 Å². The first-order chi connectivity index (χ1) is 16.8. The summed E-state index contributed by atoms with van der Waals surface area (Å²) >= 11 is 0. The zero-order valence-electron chi connectivity index (χ0n) is 16.9. The average molecular weight is 528 g/mol. The fourth-order valence-corrected chi connectivity index (χ4v) is 2.65. The lowest BCUT2D eigenvalue weighted by molar-refractivity contribution is 0.0663. The molecule has 6 nitrogen and oxygen atoms in total. The van der Waals surface area contributed by atoms with Crippen LogP contribution in [0.3, 0.4) is 0 Å². The van der Waals surface area contributed by atoms with Gasteiger partial charge in [0.25, 0.3) is 0 Å². The molecule has 0 aliphatic carbocycles. The van der Waals surface area contributed by atoms with Crippen molar-refractivity contribution in [2.24, 2.45) is 0 Å². The van der Waals surface area contributed by atoms with Crippen molar-refractivity contribution in [3.8, 4) is 11.5 Å². The van der Waals surface area contributed by atoms with E-state index >= 15 is 0 Å². The monoisotopic (exact) mass is 528 g/mol. The number of hydrogen-bond acceptors (Lipinski definition) is 5. The van der Waals surface area contributed by atoms with Gasteiger partial charge in [-0.1, -0.05) is 6.08 Å². The van der Waals surface area contributed by atoms with Crippen molar-refractivity contribution in [3.05, 3.63) is 88.5 Å². The van der Waals surface area contributed by atoms with E-state index in [1.54, 1.807) is 0 Å². The minimum absolute atomic E-state index is 0.426. The van der Waals surface area contributed by atoms with Gasteiger partial charge in [-0.25, -0.2) is 40.9 Å². The molecule has 0 unspecified atom stereocenters. The predicted molar refractivity (Wildman–Crippen MR) is 94.8 cm³/mol. The van der Waals surface area contributed by atoms with Gasteiger partial charge in [0.15, 0.2) is 11.4 Å². The predicted octanol–water partition coefficient (Wildman–Crippen LogP) is 4.90. The first-order valence-electron chi connectivity index (χ1n) is 8.96. The fourth-order valence-electron chi connectivity index (χ4n) is 2.65. The van der Waals surface area contributed by atoms with Gasteiger partial charge in [-0.3, -0.25) is 0 Å². The zero-order valence-corrected chi connectivity index (χ0v) is 16.9. The van der Waals surface area contributed by atoms with Crippen LogP contribution in [0.15, 0.2) is 19.0 Å². The van der Waals surface area contributed by atoms with Gasteiger partial charge >= 0.3 is 11.9 Å². The lowest BCUT2D eigenvalue weighted by Gasteiger charge is -2.11. The molecule has 16 heteroatoms. The Morgan fingerprint density at radius 1 is 0.694 bits per heavy atom. The van der Waals surface area contributed by atoms with Crippen LogP contribution in [0.1, 0.15) is 21.0 Å². The number of benzene rings is 2. The maximum Gasteiger partial charge on any atom is 0.365 e. The fraction of sp³-hybridized carbons (Fsp3) is 0.0500. The topological polar surface area (TPSA) is 70.4 Å². The second-order valence-corrected chi connectivity index (χ2v) is 6.46. The third-order valence-corrected chi connectivity index (χ3v) is 4.28. The van der Waals surface area contributed by atoms with Crippen molar-refractivity contribution in [1.29, 1.82) is 0 Å². The highest BCUT2D eigenvalue weighted by molar-refractivity contribution is 6.02. The molecule has 0 N–H and O–H groups in total. The Labute approximate surface area is 192 Å². The first kappa shape index (κ1) is 26.2. The third kappa shape index (κ3) is 4.25. The molecule has 0 aliphatic rings. The Bertz CT molecular complexity index is 1380. The third-order valence-electron chi connectivity index (χ3n) is 4.28. The van der Waals surface area contributed by atoms with E-state index in [9.17, 15) is 53.5 Å². The Morgan fingerprint density at radius 2 is 1.06 bits per heavy atom. The summed E-state index contributed by atoms with van der Waals surface area (Å²) in [7, 11) is 0. The highest BCUT2D eigenvalue weighted by Crippen LogP contribution is 2.32. The number of rotatable bonds is 6. The van der Waals surface area contributed by atoms with Crippen molar-refractivity contribution >= 4 is 11.9 Å². The van der Waals surface area contributed by atoms with Crippen molar-refractivity contribution in [1.82, 2.24) is 9.55 Å². The summed E-state index contributed by atoms with van der Waals surface area (Å²) in [6, 6.07) is 0. The number of nitrogens with zero attached hydrogens (tertiary/aromatic N) is 2. The van der Waals surface area contributed by atoms with Crippen LogP contribution in [0.4, 0.5) is 43.9 Å². The molecule has 36 heavy (non-hydrogen) atoms. The number of carbonyl (C=O) groups is 2. The molecule has 0 spiro atoms. The number of imidazole rings is 1. The van der Waals surface area contributed by atoms with Crippen LogP contribution in [-0.4, -0.2) is 21.5 Å². The summed E-state index contributed by atoms with van der Waals surface area (Å²) in [6.45, 7) is 2.85. The Hall–Kier alpha value is -4.37. The molecule has 3 rings (SSSR count). The van der Waals surface area contributed by atoms with Crippen LogP contribution in [0, 0.1) is 58.2 Å². The molecule has 0 radical (unpaired) electrons. The molecule has 0 bridgehead atoms. The van der Waals surface area contributed by atoms with Gasteiger partial charge < -0.3 is 14.0 Å². The molecule has 2 aromatic carbocycles. The number of allylic oxidation sites excluding steroid dienone is 1. The molecule has 0 fully saturated rings. The number of ether oxygens (including phenoxy) is 2. The SMILES string of the molecule is C=CCn1cnc(C(=O)Oc2c(F)c(F)c(F)c(F)c2F)c1C(=O)Oc1c(F)c(F)c(F)c(F)c1F. The summed E-state index contributed by atoms with van der Waals surface area (Å²) in [6.07, 6.45) is 1.70. The van der Waals surface area contributed by atoms with Gasteiger partial charge in [-0.15, -0.1) is 6.58 Å². The van der Waals surface area contributed by atoms with Crippen LogP contribution in [0.5, 0.6) is 11.5 Å². The lowest BCUT2D eigenvalue weighted by Crippen LogP contribution is -2.22. The Kier molecular flexibility index (Phi) is 7.08. The van der Waals surface area contributed by atoms with Crippen molar-refractivity contribution in [2.75, 3.05) is 0 Å². The van der Waals surface area contributed by atoms with Gasteiger partial charge in [0.05, 0.1) is 6.33 Å². The number of aromatic nitrogens is 2. The van der Waals surface area contributed by atoms with Crippen LogP contribution >= 0.6 is 0 Å². The molecule has 190 valence electrons. The molecule has 0 atom stereocenters. The largest absolute Gasteiger partial charge is 0.415 e. The number of halogens is 10. The molecule has 0 amide bonds. The van der Waals surface area contributed by atoms with Crippen LogP contribution in [-0.2, 0) is 6.54 Å². The van der Waals surface area contributed by atoms with Crippen LogP contribution < -0.4 is 9.47 Å². The van der Waals surface area contributed by atoms with E-state index in [4.69, 9.17) is 0 Å². The molecule has 0 saturated heterocycles. The van der Waals surface area contributed by atoms with Crippen molar-refractivity contribution in [3.63, 3.8) is 0 Å². The quantitative estimate of drug-likeness (QED) is 0.114. The van der Waals surface area contributed by atoms with E-state index in [0.717, 1.165) is 6.08 Å². The average Bonchev–Trinajstić information content (AvgIpc) is 3.28. The summed E-state index contributed by atoms with van der Waals surface area (Å²) in [4.78, 5) is 28.3. The second-order valence-electron chi connectivity index (χ2n) is 6.46. The zero-order chi connectivity index (χ0) is 27.1. The van der Waals surface area contributed by atoms with E-state index in [2.05, 4.69) is 21.0 Å². The van der Waals surface area contributed by atoms with Gasteiger partial charge in [0.1, 0.15) is 0 Å². The number of esters is 2. The molecule has 1 aromatic heterocycles. The van der Waals surface area contributed by atoms with Gasteiger partial charge in [-0.2, -0.15) is 17.6 Å². The van der Waals surface area contributed by atoms with Crippen molar-refractivity contribution in [2.45, 2.75) is 6.54 Å². The highest BCUT2D eigenvalue weighted by Gasteiger charge is 2.34. The number of hydrogen-bond donors (Lipinski definition) is 0. The van der Waals surface area contributed by atoms with Crippen LogP contribution in [0.2, 0.25) is 0 Å². The maximum absolute atomic E-state index is 13.9. The van der Waals surface area contributed by atoms with Crippen molar-refractivity contribution < 1.29 is 63.0 Å². The van der Waals surface area contributed by atoms with E-state index in [1.165, 1.54) is 0 Å². The van der Waals surface area contributed by atoms with Gasteiger partial charge in [0, 0.05) is 6.54 Å². The smallest absolute Gasteiger partial charge is 0.365 e. The molecule has 3 aromatic rings. The molecular weight excluding hydrogens is 522 g/mol. The summed E-state index contributed by atoms with van der Waals surface area (Å²) in [5.74, 6) is -33.6. The Balaban J connectivity index is 2.07. The minimum Gasteiger partial charge on any atom is -0.415 e. The summed E-state index contributed by atoms with van der Waals surface area (Å²) in [5.41, 5.74) is -2.41. The summed E-state index contributed by atoms with van der Waals surface area (Å²) < 4.78 is 144. The second kappa shape index (κ2) is 9.71.